The van der Waals surface area contributed by atoms with Crippen molar-refractivity contribution in [3.05, 3.63) is 75.5 Å². The lowest BCUT2D eigenvalue weighted by Crippen LogP contribution is -2.54. The summed E-state index contributed by atoms with van der Waals surface area (Å²) in [6.07, 6.45) is 10.3. The van der Waals surface area contributed by atoms with Gasteiger partial charge in [0.2, 0.25) is 5.91 Å². The standard InChI is InChI=1S/C43H53FN4O6/c1-42-15-13-29(49)25-28(42)8-9-32-34-10-12-38(43(34,2)16-14-35(32)42)54-22-21-53-26-39(50)47-17-19-48(20-18-47)41(52)33-23-27(7-11-36(33)44)24-37-30-5-3-4-6-31(30)40(51)46-45-37/h3-7,11,23,28,32,34-35,38H,8-10,12-22,24-26H2,1-2H3,(H,46,51)/t28-,32-,34-,35-,38?,42-,43-/m0/s1. The van der Waals surface area contributed by atoms with Crippen molar-refractivity contribution in [3.63, 3.8) is 0 Å². The molecule has 5 fully saturated rings. The lowest BCUT2D eigenvalue weighted by atomic mass is 9.45. The number of rotatable bonds is 9. The maximum atomic E-state index is 15.0. The average molecular weight is 741 g/mol. The summed E-state index contributed by atoms with van der Waals surface area (Å²) < 4.78 is 27.3. The Morgan fingerprint density at radius 1 is 0.889 bits per heavy atom. The van der Waals surface area contributed by atoms with Crippen LogP contribution in [-0.4, -0.2) is 89.7 Å². The Morgan fingerprint density at radius 3 is 2.46 bits per heavy atom. The number of halogens is 1. The van der Waals surface area contributed by atoms with E-state index in [0.29, 0.717) is 90.9 Å². The van der Waals surface area contributed by atoms with Gasteiger partial charge in [0.05, 0.1) is 36.0 Å². The molecule has 2 amide bonds. The second kappa shape index (κ2) is 14.9. The van der Waals surface area contributed by atoms with E-state index in [-0.39, 0.29) is 35.2 Å². The second-order valence-electron chi connectivity index (χ2n) is 17.1. The van der Waals surface area contributed by atoms with Crippen molar-refractivity contribution in [3.8, 4) is 0 Å². The van der Waals surface area contributed by atoms with Crippen LogP contribution in [0, 0.1) is 40.3 Å². The van der Waals surface area contributed by atoms with Gasteiger partial charge in [-0.15, -0.1) is 0 Å². The van der Waals surface area contributed by atoms with E-state index in [1.165, 1.54) is 38.2 Å². The number of H-pyrrole nitrogens is 1. The number of aromatic nitrogens is 2. The summed E-state index contributed by atoms with van der Waals surface area (Å²) in [5.74, 6) is 2.01. The third kappa shape index (κ3) is 6.80. The van der Waals surface area contributed by atoms with Crippen LogP contribution in [0.2, 0.25) is 0 Å². The zero-order valence-corrected chi connectivity index (χ0v) is 31.6. The Hall–Kier alpha value is -3.96. The van der Waals surface area contributed by atoms with Crippen LogP contribution in [0.3, 0.4) is 0 Å². The minimum absolute atomic E-state index is 0.0246. The number of nitrogens with one attached hydrogen (secondary N) is 1. The van der Waals surface area contributed by atoms with E-state index in [2.05, 4.69) is 24.0 Å². The number of piperazine rings is 1. The summed E-state index contributed by atoms with van der Waals surface area (Å²) in [6, 6.07) is 11.6. The molecule has 2 aromatic carbocycles. The number of Topliss-reactive ketones (excluding diaryl/α,β-unsaturated/α-hetero) is 1. The van der Waals surface area contributed by atoms with Crippen LogP contribution in [0.15, 0.2) is 47.3 Å². The molecule has 4 saturated carbocycles. The first kappa shape index (κ1) is 37.0. The summed E-state index contributed by atoms with van der Waals surface area (Å²) in [5, 5.41) is 7.97. The summed E-state index contributed by atoms with van der Waals surface area (Å²) in [6.45, 7) is 6.98. The van der Waals surface area contributed by atoms with Gasteiger partial charge < -0.3 is 19.3 Å². The zero-order valence-electron chi connectivity index (χ0n) is 31.6. The van der Waals surface area contributed by atoms with Crippen molar-refractivity contribution in [2.45, 2.75) is 84.2 Å². The molecule has 4 aliphatic carbocycles. The van der Waals surface area contributed by atoms with E-state index in [4.69, 9.17) is 9.47 Å². The fourth-order valence-electron chi connectivity index (χ4n) is 11.4. The topological polar surface area (TPSA) is 122 Å². The highest BCUT2D eigenvalue weighted by molar-refractivity contribution is 5.95. The molecule has 10 nitrogen and oxygen atoms in total. The fraction of sp³-hybridized carbons (Fsp3) is 0.605. The Balaban J connectivity index is 0.782. The SMILES string of the molecule is C[C@]12CCC(=O)C[C@@H]1CC[C@@H]1[C@@H]2CC[C@]2(C)C(OCCOCC(=O)N3CCN(C(=O)c4cc(Cc5n[nH]c(=O)c6ccccc56)ccc4F)CC3)CC[C@@H]12. The van der Waals surface area contributed by atoms with E-state index in [0.717, 1.165) is 37.5 Å². The predicted molar refractivity (Wildman–Crippen MR) is 201 cm³/mol. The zero-order chi connectivity index (χ0) is 37.6. The molecule has 0 radical (unpaired) electrons. The van der Waals surface area contributed by atoms with Crippen molar-refractivity contribution in [1.29, 1.82) is 0 Å². The molecule has 1 saturated heterocycles. The summed E-state index contributed by atoms with van der Waals surface area (Å²) in [7, 11) is 0. The van der Waals surface area contributed by atoms with Crippen molar-refractivity contribution in [1.82, 2.24) is 20.0 Å². The van der Waals surface area contributed by atoms with Gasteiger partial charge in [-0.1, -0.05) is 38.1 Å². The van der Waals surface area contributed by atoms with Crippen LogP contribution in [0.25, 0.3) is 10.8 Å². The summed E-state index contributed by atoms with van der Waals surface area (Å²) >= 11 is 0. The van der Waals surface area contributed by atoms with E-state index in [1.54, 1.807) is 34.1 Å². The van der Waals surface area contributed by atoms with Gasteiger partial charge >= 0.3 is 0 Å². The molecule has 288 valence electrons. The van der Waals surface area contributed by atoms with Crippen molar-refractivity contribution in [2.24, 2.45) is 34.5 Å². The van der Waals surface area contributed by atoms with Crippen molar-refractivity contribution >= 4 is 28.4 Å². The first-order valence-electron chi connectivity index (χ1n) is 20.1. The quantitative estimate of drug-likeness (QED) is 0.269. The molecule has 1 N–H and O–H groups in total. The maximum Gasteiger partial charge on any atom is 0.272 e. The van der Waals surface area contributed by atoms with Gasteiger partial charge in [0.15, 0.2) is 0 Å². The molecule has 2 heterocycles. The Kier molecular flexibility index (Phi) is 10.2. The fourth-order valence-corrected chi connectivity index (χ4v) is 11.4. The number of carbonyl (C=O) groups is 3. The van der Waals surface area contributed by atoms with E-state index < -0.39 is 11.7 Å². The van der Waals surface area contributed by atoms with Crippen LogP contribution >= 0.6 is 0 Å². The number of nitrogens with zero attached hydrogens (tertiary/aromatic N) is 3. The maximum absolute atomic E-state index is 15.0. The first-order valence-corrected chi connectivity index (χ1v) is 20.1. The molecule has 0 spiro atoms. The van der Waals surface area contributed by atoms with Crippen LogP contribution in [0.1, 0.15) is 93.3 Å². The number of aromatic amines is 1. The molecule has 3 aromatic rings. The van der Waals surface area contributed by atoms with Crippen LogP contribution in [0.5, 0.6) is 0 Å². The van der Waals surface area contributed by atoms with E-state index in [9.17, 15) is 23.6 Å². The van der Waals surface area contributed by atoms with Crippen LogP contribution in [0.4, 0.5) is 4.39 Å². The molecular weight excluding hydrogens is 687 g/mol. The van der Waals surface area contributed by atoms with Gasteiger partial charge in [-0.3, -0.25) is 19.2 Å². The first-order chi connectivity index (χ1) is 26.0. The molecule has 1 aromatic heterocycles. The van der Waals surface area contributed by atoms with E-state index >= 15 is 0 Å². The summed E-state index contributed by atoms with van der Waals surface area (Å²) in [4.78, 5) is 54.2. The second-order valence-corrected chi connectivity index (χ2v) is 17.1. The summed E-state index contributed by atoms with van der Waals surface area (Å²) in [5.41, 5.74) is 1.51. The van der Waals surface area contributed by atoms with Gasteiger partial charge in [0.25, 0.3) is 11.5 Å². The lowest BCUT2D eigenvalue weighted by Gasteiger charge is -2.60. The molecular formula is C43H53FN4O6. The molecule has 11 heteroatoms. The lowest BCUT2D eigenvalue weighted by molar-refractivity contribution is -0.147. The highest BCUT2D eigenvalue weighted by Crippen LogP contribution is 2.66. The Bertz CT molecular complexity index is 1980. The molecule has 0 bridgehead atoms. The third-order valence-electron chi connectivity index (χ3n) is 14.5. The molecule has 8 rings (SSSR count). The largest absolute Gasteiger partial charge is 0.375 e. The van der Waals surface area contributed by atoms with Crippen LogP contribution in [-0.2, 0) is 25.5 Å². The molecule has 7 atom stereocenters. The molecule has 1 aliphatic heterocycles. The number of carbonyl (C=O) groups excluding carboxylic acids is 3. The smallest absolute Gasteiger partial charge is 0.272 e. The number of hydrogen-bond acceptors (Lipinski definition) is 7. The van der Waals surface area contributed by atoms with Crippen LogP contribution < -0.4 is 5.56 Å². The monoisotopic (exact) mass is 740 g/mol. The van der Waals surface area contributed by atoms with Gasteiger partial charge in [-0.25, -0.2) is 9.49 Å². The number of benzene rings is 2. The molecule has 5 aliphatic rings. The number of fused-ring (bicyclic) bond motifs is 6. The number of ketones is 1. The normalized spacial score (nSPS) is 30.9. The number of hydrogen-bond donors (Lipinski definition) is 1. The van der Waals surface area contributed by atoms with Crippen molar-refractivity contribution < 1.29 is 28.2 Å². The Morgan fingerprint density at radius 2 is 1.65 bits per heavy atom. The highest BCUT2D eigenvalue weighted by Gasteiger charge is 2.60. The third-order valence-corrected chi connectivity index (χ3v) is 14.5. The number of ether oxygens (including phenoxy) is 2. The average Bonchev–Trinajstić information content (AvgIpc) is 3.52. The van der Waals surface area contributed by atoms with Gasteiger partial charge in [0.1, 0.15) is 18.2 Å². The minimum atomic E-state index is -0.605. The van der Waals surface area contributed by atoms with Gasteiger partial charge in [-0.2, -0.15) is 5.10 Å². The minimum Gasteiger partial charge on any atom is -0.375 e. The molecule has 54 heavy (non-hydrogen) atoms. The van der Waals surface area contributed by atoms with Gasteiger partial charge in [0, 0.05) is 50.8 Å². The number of amides is 2. The highest BCUT2D eigenvalue weighted by atomic mass is 19.1. The van der Waals surface area contributed by atoms with Crippen molar-refractivity contribution in [2.75, 3.05) is 46.0 Å². The Labute approximate surface area is 316 Å². The van der Waals surface area contributed by atoms with E-state index in [1.807, 2.05) is 12.1 Å². The predicted octanol–water partition coefficient (Wildman–Crippen LogP) is 5.95. The molecule has 1 unspecified atom stereocenters. The van der Waals surface area contributed by atoms with Gasteiger partial charge in [-0.05, 0) is 103 Å².